The summed E-state index contributed by atoms with van der Waals surface area (Å²) in [5.41, 5.74) is 5.79. The largest absolute Gasteiger partial charge is 0.489 e. The van der Waals surface area contributed by atoms with E-state index in [0.29, 0.717) is 24.6 Å². The van der Waals surface area contributed by atoms with Gasteiger partial charge in [-0.15, -0.1) is 0 Å². The fraction of sp³-hybridized carbons (Fsp3) is 0.321. The minimum absolute atomic E-state index is 0.202. The lowest BCUT2D eigenvalue weighted by Crippen LogP contribution is -2.30. The second-order valence-electron chi connectivity index (χ2n) is 8.81. The van der Waals surface area contributed by atoms with Crippen LogP contribution in [0.2, 0.25) is 0 Å². The molecule has 3 aromatic carbocycles. The summed E-state index contributed by atoms with van der Waals surface area (Å²) < 4.78 is 20.3. The van der Waals surface area contributed by atoms with Gasteiger partial charge in [0.15, 0.2) is 0 Å². The first kappa shape index (κ1) is 22.1. The van der Waals surface area contributed by atoms with E-state index in [1.807, 2.05) is 44.2 Å². The van der Waals surface area contributed by atoms with Gasteiger partial charge in [-0.05, 0) is 86.7 Å². The molecular weight excluding hydrogens is 401 g/mol. The zero-order valence-electron chi connectivity index (χ0n) is 19.0. The third-order valence-electron chi connectivity index (χ3n) is 6.18. The monoisotopic (exact) mass is 431 g/mol. The van der Waals surface area contributed by atoms with E-state index in [9.17, 15) is 9.18 Å². The summed E-state index contributed by atoms with van der Waals surface area (Å²) in [7, 11) is 0. The topological polar surface area (TPSA) is 29.5 Å². The van der Waals surface area contributed by atoms with E-state index in [1.165, 1.54) is 6.07 Å². The van der Waals surface area contributed by atoms with Crippen molar-refractivity contribution in [1.82, 2.24) is 0 Å². The van der Waals surface area contributed by atoms with E-state index in [0.717, 1.165) is 53.1 Å². The average Bonchev–Trinajstić information content (AvgIpc) is 3.22. The van der Waals surface area contributed by atoms with E-state index in [1.54, 1.807) is 13.0 Å². The molecule has 1 fully saturated rings. The summed E-state index contributed by atoms with van der Waals surface area (Å²) in [5.74, 6) is 0.849. The Balaban J connectivity index is 1.41. The van der Waals surface area contributed by atoms with Crippen molar-refractivity contribution >= 4 is 11.5 Å². The number of hydrogen-bond acceptors (Lipinski definition) is 3. The maximum atomic E-state index is 14.3. The van der Waals surface area contributed by atoms with Crippen LogP contribution in [-0.4, -0.2) is 18.4 Å². The Morgan fingerprint density at radius 2 is 1.81 bits per heavy atom. The third-order valence-corrected chi connectivity index (χ3v) is 6.18. The number of hydrogen-bond donors (Lipinski definition) is 0. The highest BCUT2D eigenvalue weighted by molar-refractivity contribution is 5.77. The third kappa shape index (κ3) is 5.01. The number of benzene rings is 3. The molecule has 4 rings (SSSR count). The van der Waals surface area contributed by atoms with Crippen LogP contribution >= 0.6 is 0 Å². The lowest BCUT2D eigenvalue weighted by atomic mass is 9.97. The molecule has 3 aromatic rings. The van der Waals surface area contributed by atoms with E-state index in [2.05, 4.69) is 23.1 Å². The quantitative estimate of drug-likeness (QED) is 0.420. The number of halogens is 1. The molecule has 4 heteroatoms. The molecule has 0 N–H and O–H groups in total. The number of anilines is 1. The first-order valence-electron chi connectivity index (χ1n) is 11.3. The molecular formula is C28H30FNO2. The molecule has 3 nitrogen and oxygen atoms in total. The van der Waals surface area contributed by atoms with E-state index in [4.69, 9.17) is 4.74 Å². The van der Waals surface area contributed by atoms with E-state index in [-0.39, 0.29) is 11.6 Å². The van der Waals surface area contributed by atoms with Crippen molar-refractivity contribution < 1.29 is 13.9 Å². The number of carbonyl (C=O) groups is 1. The number of ketones is 1. The highest BCUT2D eigenvalue weighted by atomic mass is 19.1. The summed E-state index contributed by atoms with van der Waals surface area (Å²) in [4.78, 5) is 13.9. The number of rotatable bonds is 7. The highest BCUT2D eigenvalue weighted by Gasteiger charge is 2.25. The standard InChI is InChI=1S/C28H30FNO2/c1-19-6-13-28(29)27(15-19)26-12-7-22(16-20(26)2)18-32-25-10-8-23(9-11-25)30-14-4-5-24(30)17-21(3)31/h6-13,15-16,24H,4-5,14,17-18H2,1-3H3. The molecule has 0 aromatic heterocycles. The van der Waals surface area contributed by atoms with Crippen LogP contribution in [0.4, 0.5) is 10.1 Å². The van der Waals surface area contributed by atoms with Gasteiger partial charge in [0.1, 0.15) is 24.0 Å². The Kier molecular flexibility index (Phi) is 6.59. The molecule has 166 valence electrons. The minimum atomic E-state index is -0.202. The van der Waals surface area contributed by atoms with Crippen LogP contribution in [0, 0.1) is 19.7 Å². The van der Waals surface area contributed by atoms with Crippen LogP contribution in [0.25, 0.3) is 11.1 Å². The van der Waals surface area contributed by atoms with Crippen molar-refractivity contribution in [2.45, 2.75) is 52.7 Å². The van der Waals surface area contributed by atoms with E-state index >= 15 is 0 Å². The number of Topliss-reactive ketones (excluding diaryl/α,β-unsaturated/α-hetero) is 1. The van der Waals surface area contributed by atoms with Crippen LogP contribution in [-0.2, 0) is 11.4 Å². The van der Waals surface area contributed by atoms with Gasteiger partial charge >= 0.3 is 0 Å². The summed E-state index contributed by atoms with van der Waals surface area (Å²) >= 11 is 0. The van der Waals surface area contributed by atoms with Gasteiger partial charge < -0.3 is 9.64 Å². The molecule has 0 saturated carbocycles. The molecule has 0 bridgehead atoms. The van der Waals surface area contributed by atoms with Crippen molar-refractivity contribution in [2.24, 2.45) is 0 Å². The molecule has 0 aliphatic carbocycles. The van der Waals surface area contributed by atoms with Gasteiger partial charge in [-0.25, -0.2) is 4.39 Å². The molecule has 0 amide bonds. The van der Waals surface area contributed by atoms with Crippen molar-refractivity contribution in [2.75, 3.05) is 11.4 Å². The maximum Gasteiger partial charge on any atom is 0.131 e. The summed E-state index contributed by atoms with van der Waals surface area (Å²) in [6, 6.07) is 19.6. The van der Waals surface area contributed by atoms with Gasteiger partial charge in [-0.3, -0.25) is 4.79 Å². The summed E-state index contributed by atoms with van der Waals surface area (Å²) in [6.07, 6.45) is 2.80. The first-order valence-corrected chi connectivity index (χ1v) is 11.3. The number of nitrogens with zero attached hydrogens (tertiary/aromatic N) is 1. The van der Waals surface area contributed by atoms with Gasteiger partial charge in [0.2, 0.25) is 0 Å². The van der Waals surface area contributed by atoms with Crippen molar-refractivity contribution in [3.05, 3.63) is 83.2 Å². The van der Waals surface area contributed by atoms with Gasteiger partial charge in [0, 0.05) is 30.3 Å². The molecule has 1 atom stereocenters. The zero-order valence-corrected chi connectivity index (χ0v) is 19.0. The number of ether oxygens (including phenoxy) is 1. The van der Waals surface area contributed by atoms with Crippen LogP contribution in [0.5, 0.6) is 5.75 Å². The van der Waals surface area contributed by atoms with Gasteiger partial charge in [-0.2, -0.15) is 0 Å². The lowest BCUT2D eigenvalue weighted by molar-refractivity contribution is -0.117. The van der Waals surface area contributed by atoms with Crippen LogP contribution in [0.3, 0.4) is 0 Å². The molecule has 0 spiro atoms. The molecule has 1 aliphatic rings. The molecule has 1 unspecified atom stereocenters. The Labute approximate surface area is 189 Å². The predicted molar refractivity (Wildman–Crippen MR) is 128 cm³/mol. The second kappa shape index (κ2) is 9.56. The summed E-state index contributed by atoms with van der Waals surface area (Å²) in [5, 5.41) is 0. The fourth-order valence-corrected chi connectivity index (χ4v) is 4.58. The number of aryl methyl sites for hydroxylation is 2. The molecule has 1 aliphatic heterocycles. The van der Waals surface area contributed by atoms with E-state index < -0.39 is 0 Å². The van der Waals surface area contributed by atoms with Gasteiger partial charge in [0.05, 0.1) is 0 Å². The van der Waals surface area contributed by atoms with Crippen LogP contribution in [0.1, 0.15) is 42.9 Å². The zero-order chi connectivity index (χ0) is 22.7. The van der Waals surface area contributed by atoms with Gasteiger partial charge in [0.25, 0.3) is 0 Å². The molecule has 1 saturated heterocycles. The highest BCUT2D eigenvalue weighted by Crippen LogP contribution is 2.30. The minimum Gasteiger partial charge on any atom is -0.489 e. The summed E-state index contributed by atoms with van der Waals surface area (Å²) in [6.45, 7) is 7.08. The van der Waals surface area contributed by atoms with Crippen molar-refractivity contribution in [1.29, 1.82) is 0 Å². The lowest BCUT2D eigenvalue weighted by Gasteiger charge is -2.26. The Morgan fingerprint density at radius 3 is 2.53 bits per heavy atom. The van der Waals surface area contributed by atoms with Gasteiger partial charge in [-0.1, -0.05) is 29.8 Å². The Bertz CT molecular complexity index is 1110. The second-order valence-corrected chi connectivity index (χ2v) is 8.81. The molecule has 0 radical (unpaired) electrons. The van der Waals surface area contributed by atoms with Crippen molar-refractivity contribution in [3.8, 4) is 16.9 Å². The maximum absolute atomic E-state index is 14.3. The average molecular weight is 432 g/mol. The molecule has 1 heterocycles. The molecule has 32 heavy (non-hydrogen) atoms. The van der Waals surface area contributed by atoms with Crippen molar-refractivity contribution in [3.63, 3.8) is 0 Å². The smallest absolute Gasteiger partial charge is 0.131 e. The number of carbonyl (C=O) groups excluding carboxylic acids is 1. The SMILES string of the molecule is CC(=O)CC1CCCN1c1ccc(OCc2ccc(-c3cc(C)ccc3F)c(C)c2)cc1. The predicted octanol–water partition coefficient (Wildman–Crippen LogP) is 6.64. The van der Waals surface area contributed by atoms with Crippen LogP contribution in [0.15, 0.2) is 60.7 Å². The fourth-order valence-electron chi connectivity index (χ4n) is 4.58. The Morgan fingerprint density at radius 1 is 1.03 bits per heavy atom. The Hall–Kier alpha value is -3.14. The normalized spacial score (nSPS) is 15.8. The first-order chi connectivity index (χ1) is 15.4. The van der Waals surface area contributed by atoms with Crippen LogP contribution < -0.4 is 9.64 Å².